The second-order valence-corrected chi connectivity index (χ2v) is 7.81. The van der Waals surface area contributed by atoms with E-state index < -0.39 is 15.8 Å². The fourth-order valence-corrected chi connectivity index (χ4v) is 3.99. The molecule has 0 saturated heterocycles. The predicted octanol–water partition coefficient (Wildman–Crippen LogP) is 3.99. The molecular formula is C20H16FN3O2S. The van der Waals surface area contributed by atoms with Gasteiger partial charge in [-0.2, -0.15) is 0 Å². The van der Waals surface area contributed by atoms with Gasteiger partial charge in [0.05, 0.1) is 22.3 Å². The van der Waals surface area contributed by atoms with Gasteiger partial charge in [0.2, 0.25) is 10.0 Å². The third-order valence-corrected chi connectivity index (χ3v) is 5.57. The highest BCUT2D eigenvalue weighted by atomic mass is 32.2. The summed E-state index contributed by atoms with van der Waals surface area (Å²) in [5.41, 5.74) is 3.98. The van der Waals surface area contributed by atoms with Crippen molar-refractivity contribution in [3.63, 3.8) is 0 Å². The van der Waals surface area contributed by atoms with Crippen LogP contribution in [0.3, 0.4) is 0 Å². The monoisotopic (exact) mass is 381 g/mol. The van der Waals surface area contributed by atoms with Gasteiger partial charge in [0.15, 0.2) is 0 Å². The molecule has 0 aliphatic rings. The maximum absolute atomic E-state index is 15.2. The smallest absolute Gasteiger partial charge is 0.238 e. The molecular weight excluding hydrogens is 365 g/mol. The molecule has 3 aromatic carbocycles. The number of fused-ring (bicyclic) bond motifs is 1. The Balaban J connectivity index is 1.89. The Bertz CT molecular complexity index is 1280. The molecule has 0 bridgehead atoms. The minimum absolute atomic E-state index is 0.0286. The second kappa shape index (κ2) is 6.29. The van der Waals surface area contributed by atoms with Crippen molar-refractivity contribution in [3.05, 3.63) is 72.3 Å². The lowest BCUT2D eigenvalue weighted by Gasteiger charge is -2.14. The van der Waals surface area contributed by atoms with Crippen molar-refractivity contribution >= 4 is 21.1 Å². The van der Waals surface area contributed by atoms with Crippen LogP contribution in [0, 0.1) is 12.7 Å². The number of halogens is 1. The molecule has 1 aromatic heterocycles. The number of nitrogens with zero attached hydrogens (tertiary/aromatic N) is 1. The van der Waals surface area contributed by atoms with E-state index in [1.807, 2.05) is 12.1 Å². The summed E-state index contributed by atoms with van der Waals surface area (Å²) in [4.78, 5) is 7.14. The Morgan fingerprint density at radius 1 is 1.00 bits per heavy atom. The number of rotatable bonds is 3. The number of imidazole rings is 1. The number of H-pyrrole nitrogens is 1. The van der Waals surface area contributed by atoms with E-state index in [0.29, 0.717) is 27.8 Å². The molecule has 1 heterocycles. The van der Waals surface area contributed by atoms with Crippen LogP contribution in [0.25, 0.3) is 33.3 Å². The van der Waals surface area contributed by atoms with E-state index in [-0.39, 0.29) is 4.90 Å². The molecule has 136 valence electrons. The summed E-state index contributed by atoms with van der Waals surface area (Å²) in [6.45, 7) is 1.63. The van der Waals surface area contributed by atoms with Gasteiger partial charge in [0.1, 0.15) is 5.82 Å². The van der Waals surface area contributed by atoms with Crippen molar-refractivity contribution in [2.24, 2.45) is 5.14 Å². The first-order valence-corrected chi connectivity index (χ1v) is 9.76. The Morgan fingerprint density at radius 3 is 2.52 bits per heavy atom. The zero-order chi connectivity index (χ0) is 19.2. The fraction of sp³-hybridized carbons (Fsp3) is 0.0500. The third-order valence-electron chi connectivity index (χ3n) is 4.60. The molecule has 0 amide bonds. The average molecular weight is 381 g/mol. The lowest BCUT2D eigenvalue weighted by molar-refractivity contribution is 0.598. The zero-order valence-electron chi connectivity index (χ0n) is 14.4. The van der Waals surface area contributed by atoms with Crippen LogP contribution in [0.1, 0.15) is 5.56 Å². The minimum Gasteiger partial charge on any atom is -0.345 e. The van der Waals surface area contributed by atoms with Crippen molar-refractivity contribution in [2.45, 2.75) is 11.8 Å². The van der Waals surface area contributed by atoms with Crippen LogP contribution in [0.2, 0.25) is 0 Å². The number of aromatic amines is 1. The molecule has 0 spiro atoms. The lowest BCUT2D eigenvalue weighted by atomic mass is 9.94. The van der Waals surface area contributed by atoms with E-state index in [0.717, 1.165) is 11.0 Å². The zero-order valence-corrected chi connectivity index (χ0v) is 15.2. The molecule has 0 radical (unpaired) electrons. The summed E-state index contributed by atoms with van der Waals surface area (Å²) in [7, 11) is -3.92. The van der Waals surface area contributed by atoms with Crippen molar-refractivity contribution in [1.29, 1.82) is 0 Å². The summed E-state index contributed by atoms with van der Waals surface area (Å²) >= 11 is 0. The summed E-state index contributed by atoms with van der Waals surface area (Å²) in [6, 6.07) is 15.1. The Hall–Kier alpha value is -3.03. The summed E-state index contributed by atoms with van der Waals surface area (Å²) in [5.74, 6) is -0.407. The number of primary sulfonamides is 1. The van der Waals surface area contributed by atoms with Crippen molar-refractivity contribution in [2.75, 3.05) is 0 Å². The predicted molar refractivity (Wildman–Crippen MR) is 103 cm³/mol. The molecule has 4 rings (SSSR count). The van der Waals surface area contributed by atoms with E-state index in [9.17, 15) is 8.42 Å². The highest BCUT2D eigenvalue weighted by Gasteiger charge is 2.19. The first-order chi connectivity index (χ1) is 12.9. The highest BCUT2D eigenvalue weighted by Crippen LogP contribution is 2.35. The number of nitrogens with two attached hydrogens (primary N) is 1. The molecule has 3 N–H and O–H groups in total. The fourth-order valence-electron chi connectivity index (χ4n) is 3.24. The maximum atomic E-state index is 15.2. The molecule has 7 heteroatoms. The summed E-state index contributed by atoms with van der Waals surface area (Å²) < 4.78 is 39.0. The number of benzene rings is 3. The van der Waals surface area contributed by atoms with Gasteiger partial charge in [0, 0.05) is 11.1 Å². The molecule has 0 saturated carbocycles. The summed E-state index contributed by atoms with van der Waals surface area (Å²) in [6.07, 6.45) is 1.59. The molecule has 0 aliphatic carbocycles. The van der Waals surface area contributed by atoms with Gasteiger partial charge < -0.3 is 4.98 Å². The second-order valence-electron chi connectivity index (χ2n) is 6.28. The van der Waals surface area contributed by atoms with Crippen molar-refractivity contribution in [1.82, 2.24) is 9.97 Å². The molecule has 27 heavy (non-hydrogen) atoms. The van der Waals surface area contributed by atoms with Crippen LogP contribution >= 0.6 is 0 Å². The van der Waals surface area contributed by atoms with Gasteiger partial charge in [0.25, 0.3) is 0 Å². The van der Waals surface area contributed by atoms with Gasteiger partial charge in [-0.3, -0.25) is 0 Å². The van der Waals surface area contributed by atoms with Crippen molar-refractivity contribution in [3.8, 4) is 22.3 Å². The first kappa shape index (κ1) is 17.4. The quantitative estimate of drug-likeness (QED) is 0.562. The Morgan fingerprint density at radius 2 is 1.74 bits per heavy atom. The van der Waals surface area contributed by atoms with E-state index in [2.05, 4.69) is 9.97 Å². The molecule has 5 nitrogen and oxygen atoms in total. The van der Waals surface area contributed by atoms with Gasteiger partial charge in [-0.15, -0.1) is 0 Å². The van der Waals surface area contributed by atoms with E-state index in [4.69, 9.17) is 5.14 Å². The molecule has 0 unspecified atom stereocenters. The molecule has 0 fully saturated rings. The highest BCUT2D eigenvalue weighted by molar-refractivity contribution is 7.89. The topological polar surface area (TPSA) is 88.8 Å². The Labute approximate surface area is 155 Å². The third kappa shape index (κ3) is 3.01. The van der Waals surface area contributed by atoms with E-state index in [1.54, 1.807) is 49.6 Å². The van der Waals surface area contributed by atoms with Gasteiger partial charge in [-0.1, -0.05) is 36.4 Å². The number of aromatic nitrogens is 2. The van der Waals surface area contributed by atoms with Crippen LogP contribution in [-0.2, 0) is 10.0 Å². The summed E-state index contributed by atoms with van der Waals surface area (Å²) in [5, 5.41) is 5.32. The van der Waals surface area contributed by atoms with Gasteiger partial charge in [-0.25, -0.2) is 22.9 Å². The normalized spacial score (nSPS) is 11.8. The van der Waals surface area contributed by atoms with Crippen LogP contribution in [-0.4, -0.2) is 18.4 Å². The maximum Gasteiger partial charge on any atom is 0.238 e. The molecule has 0 atom stereocenters. The van der Waals surface area contributed by atoms with Crippen LogP contribution in [0.15, 0.2) is 65.8 Å². The minimum atomic E-state index is -3.92. The van der Waals surface area contributed by atoms with E-state index >= 15 is 4.39 Å². The molecule has 4 aromatic rings. The van der Waals surface area contributed by atoms with Crippen LogP contribution in [0.5, 0.6) is 0 Å². The number of hydrogen-bond acceptors (Lipinski definition) is 3. The standard InChI is InChI=1S/C20H16FN3O2S/c1-12-14(16-4-2-3-5-19(16)27(22,25)26)7-8-15(20(12)21)13-6-9-17-18(10-13)24-11-23-17/h2-11H,1H3,(H,23,24)(H2,22,25,26). The van der Waals surface area contributed by atoms with Crippen LogP contribution < -0.4 is 5.14 Å². The van der Waals surface area contributed by atoms with E-state index in [1.165, 1.54) is 6.07 Å². The number of nitrogens with one attached hydrogen (secondary N) is 1. The number of hydrogen-bond donors (Lipinski definition) is 2. The Kier molecular flexibility index (Phi) is 4.05. The SMILES string of the molecule is Cc1c(-c2ccccc2S(N)(=O)=O)ccc(-c2ccc3nc[nH]c3c2)c1F. The number of sulfonamides is 1. The molecule has 0 aliphatic heterocycles. The lowest BCUT2D eigenvalue weighted by Crippen LogP contribution is -2.13. The largest absolute Gasteiger partial charge is 0.345 e. The average Bonchev–Trinajstić information content (AvgIpc) is 3.11. The van der Waals surface area contributed by atoms with Crippen molar-refractivity contribution < 1.29 is 12.8 Å². The van der Waals surface area contributed by atoms with Gasteiger partial charge >= 0.3 is 0 Å². The first-order valence-electron chi connectivity index (χ1n) is 8.21. The van der Waals surface area contributed by atoms with Gasteiger partial charge in [-0.05, 0) is 41.8 Å². The van der Waals surface area contributed by atoms with Crippen LogP contribution in [0.4, 0.5) is 4.39 Å².